The number of rotatable bonds is 18. The SMILES string of the molecule is CC(C)OCCOCCOCCOCCOCn1cc(CC(=O)C(C)C)nn1. The number of ether oxygens (including phenoxy) is 5. The average Bonchev–Trinajstić information content (AvgIpc) is 3.08. The summed E-state index contributed by atoms with van der Waals surface area (Å²) in [6.07, 6.45) is 2.26. The van der Waals surface area contributed by atoms with Gasteiger partial charge in [-0.3, -0.25) is 4.79 Å². The van der Waals surface area contributed by atoms with Crippen LogP contribution in [0.5, 0.6) is 0 Å². The van der Waals surface area contributed by atoms with Gasteiger partial charge in [-0.1, -0.05) is 19.1 Å². The minimum atomic E-state index is -0.000584. The zero-order valence-electron chi connectivity index (χ0n) is 17.6. The Labute approximate surface area is 167 Å². The third-order valence-corrected chi connectivity index (χ3v) is 3.60. The Bertz CT molecular complexity index is 522. The van der Waals surface area contributed by atoms with Gasteiger partial charge in [-0.2, -0.15) is 0 Å². The second-order valence-corrected chi connectivity index (χ2v) is 6.84. The molecule has 0 bridgehead atoms. The molecule has 0 saturated heterocycles. The quantitative estimate of drug-likeness (QED) is 0.342. The number of aromatic nitrogens is 3. The molecule has 0 aliphatic rings. The summed E-state index contributed by atoms with van der Waals surface area (Å²) in [6, 6.07) is 0. The first kappa shape index (κ1) is 24.6. The molecule has 28 heavy (non-hydrogen) atoms. The van der Waals surface area contributed by atoms with Crippen LogP contribution in [0.4, 0.5) is 0 Å². The molecule has 9 heteroatoms. The standard InChI is InChI=1S/C19H35N3O6/c1-16(2)19(23)13-18-14-22(21-20-18)15-27-10-9-25-6-5-24-7-8-26-11-12-28-17(3)4/h14,16-17H,5-13,15H2,1-4H3. The molecule has 1 aromatic rings. The topological polar surface area (TPSA) is 93.9 Å². The van der Waals surface area contributed by atoms with Gasteiger partial charge in [-0.05, 0) is 13.8 Å². The van der Waals surface area contributed by atoms with E-state index in [-0.39, 0.29) is 24.5 Å². The predicted octanol–water partition coefficient (Wildman–Crippen LogP) is 1.49. The van der Waals surface area contributed by atoms with Gasteiger partial charge in [0.15, 0.2) is 0 Å². The Hall–Kier alpha value is -1.39. The first-order valence-electron chi connectivity index (χ1n) is 9.83. The summed E-state index contributed by atoms with van der Waals surface area (Å²) in [7, 11) is 0. The minimum Gasteiger partial charge on any atom is -0.377 e. The Balaban J connectivity index is 1.88. The molecule has 1 heterocycles. The van der Waals surface area contributed by atoms with E-state index in [4.69, 9.17) is 23.7 Å². The van der Waals surface area contributed by atoms with Crippen LogP contribution in [0.15, 0.2) is 6.20 Å². The maximum absolute atomic E-state index is 11.7. The van der Waals surface area contributed by atoms with Gasteiger partial charge in [0.05, 0.1) is 77.3 Å². The fourth-order valence-corrected chi connectivity index (χ4v) is 2.03. The minimum absolute atomic E-state index is 0.000584. The Morgan fingerprint density at radius 2 is 1.43 bits per heavy atom. The molecule has 0 radical (unpaired) electrons. The van der Waals surface area contributed by atoms with Crippen LogP contribution >= 0.6 is 0 Å². The van der Waals surface area contributed by atoms with Crippen LogP contribution in [0.3, 0.4) is 0 Å². The van der Waals surface area contributed by atoms with Crippen molar-refractivity contribution in [3.8, 4) is 0 Å². The molecule has 1 rings (SSSR count). The van der Waals surface area contributed by atoms with E-state index in [0.29, 0.717) is 65.0 Å². The number of carbonyl (C=O) groups excluding carboxylic acids is 1. The van der Waals surface area contributed by atoms with Gasteiger partial charge in [-0.25, -0.2) is 4.68 Å². The summed E-state index contributed by atoms with van der Waals surface area (Å²) in [5.74, 6) is 0.148. The fraction of sp³-hybridized carbons (Fsp3) is 0.842. The highest BCUT2D eigenvalue weighted by atomic mass is 16.6. The van der Waals surface area contributed by atoms with Crippen LogP contribution in [0.2, 0.25) is 0 Å². The highest BCUT2D eigenvalue weighted by Crippen LogP contribution is 2.02. The van der Waals surface area contributed by atoms with Crippen molar-refractivity contribution in [1.29, 1.82) is 0 Å². The van der Waals surface area contributed by atoms with E-state index in [1.807, 2.05) is 27.7 Å². The van der Waals surface area contributed by atoms with Crippen LogP contribution in [-0.2, 0) is 41.6 Å². The Kier molecular flexibility index (Phi) is 13.7. The van der Waals surface area contributed by atoms with Gasteiger partial charge in [0.2, 0.25) is 0 Å². The summed E-state index contributed by atoms with van der Waals surface area (Å²) in [6.45, 7) is 12.2. The van der Waals surface area contributed by atoms with Crippen molar-refractivity contribution in [3.63, 3.8) is 0 Å². The second kappa shape index (κ2) is 15.5. The van der Waals surface area contributed by atoms with E-state index in [2.05, 4.69) is 10.3 Å². The number of hydrogen-bond acceptors (Lipinski definition) is 8. The van der Waals surface area contributed by atoms with E-state index in [0.717, 1.165) is 0 Å². The molecule has 0 aromatic carbocycles. The summed E-state index contributed by atoms with van der Waals surface area (Å²) < 4.78 is 28.6. The number of ketones is 1. The second-order valence-electron chi connectivity index (χ2n) is 6.84. The van der Waals surface area contributed by atoms with Crippen LogP contribution in [-0.4, -0.2) is 79.7 Å². The van der Waals surface area contributed by atoms with E-state index >= 15 is 0 Å². The van der Waals surface area contributed by atoms with Crippen molar-refractivity contribution in [2.45, 2.75) is 47.0 Å². The van der Waals surface area contributed by atoms with Crippen molar-refractivity contribution in [2.24, 2.45) is 5.92 Å². The van der Waals surface area contributed by atoms with Gasteiger partial charge < -0.3 is 23.7 Å². The monoisotopic (exact) mass is 401 g/mol. The zero-order valence-corrected chi connectivity index (χ0v) is 17.6. The van der Waals surface area contributed by atoms with Crippen molar-refractivity contribution in [3.05, 3.63) is 11.9 Å². The van der Waals surface area contributed by atoms with E-state index < -0.39 is 0 Å². The fourth-order valence-electron chi connectivity index (χ4n) is 2.03. The molecule has 0 N–H and O–H groups in total. The highest BCUT2D eigenvalue weighted by molar-refractivity contribution is 5.82. The van der Waals surface area contributed by atoms with Crippen LogP contribution in [0, 0.1) is 5.92 Å². The van der Waals surface area contributed by atoms with Crippen molar-refractivity contribution < 1.29 is 28.5 Å². The lowest BCUT2D eigenvalue weighted by Gasteiger charge is -2.09. The number of hydrogen-bond donors (Lipinski definition) is 0. The summed E-state index contributed by atoms with van der Waals surface area (Å²) in [5, 5.41) is 7.91. The molecule has 0 unspecified atom stereocenters. The third kappa shape index (κ3) is 12.9. The Morgan fingerprint density at radius 1 is 0.893 bits per heavy atom. The van der Waals surface area contributed by atoms with Crippen molar-refractivity contribution in [1.82, 2.24) is 15.0 Å². The molecular weight excluding hydrogens is 366 g/mol. The number of nitrogens with zero attached hydrogens (tertiary/aromatic N) is 3. The summed E-state index contributed by atoms with van der Waals surface area (Å²) in [5.41, 5.74) is 0.659. The van der Waals surface area contributed by atoms with Gasteiger partial charge in [0.1, 0.15) is 12.5 Å². The molecule has 0 atom stereocenters. The molecule has 0 aliphatic heterocycles. The summed E-state index contributed by atoms with van der Waals surface area (Å²) in [4.78, 5) is 11.7. The lowest BCUT2D eigenvalue weighted by Crippen LogP contribution is -2.14. The smallest absolute Gasteiger partial charge is 0.141 e. The highest BCUT2D eigenvalue weighted by Gasteiger charge is 2.11. The molecule has 0 aliphatic carbocycles. The number of carbonyl (C=O) groups is 1. The summed E-state index contributed by atoms with van der Waals surface area (Å²) >= 11 is 0. The maximum Gasteiger partial charge on any atom is 0.141 e. The largest absolute Gasteiger partial charge is 0.377 e. The Morgan fingerprint density at radius 3 is 1.96 bits per heavy atom. The molecule has 1 aromatic heterocycles. The third-order valence-electron chi connectivity index (χ3n) is 3.60. The van der Waals surface area contributed by atoms with E-state index in [9.17, 15) is 4.79 Å². The van der Waals surface area contributed by atoms with Gasteiger partial charge in [0, 0.05) is 5.92 Å². The molecule has 0 spiro atoms. The molecule has 9 nitrogen and oxygen atoms in total. The predicted molar refractivity (Wildman–Crippen MR) is 103 cm³/mol. The molecule has 0 saturated carbocycles. The lowest BCUT2D eigenvalue weighted by atomic mass is 10.1. The van der Waals surface area contributed by atoms with Crippen LogP contribution in [0.25, 0.3) is 0 Å². The molecular formula is C19H35N3O6. The van der Waals surface area contributed by atoms with Crippen molar-refractivity contribution >= 4 is 5.78 Å². The normalized spacial score (nSPS) is 11.6. The van der Waals surface area contributed by atoms with E-state index in [1.165, 1.54) is 0 Å². The van der Waals surface area contributed by atoms with E-state index in [1.54, 1.807) is 10.9 Å². The first-order valence-corrected chi connectivity index (χ1v) is 9.83. The lowest BCUT2D eigenvalue weighted by molar-refractivity contribution is -0.121. The molecule has 162 valence electrons. The number of Topliss-reactive ketones (excluding diaryl/α,β-unsaturated/α-hetero) is 1. The molecule has 0 amide bonds. The van der Waals surface area contributed by atoms with Gasteiger partial charge in [-0.15, -0.1) is 5.10 Å². The van der Waals surface area contributed by atoms with Crippen LogP contribution < -0.4 is 0 Å². The average molecular weight is 402 g/mol. The van der Waals surface area contributed by atoms with Crippen molar-refractivity contribution in [2.75, 3.05) is 52.9 Å². The van der Waals surface area contributed by atoms with Gasteiger partial charge >= 0.3 is 0 Å². The van der Waals surface area contributed by atoms with Gasteiger partial charge in [0.25, 0.3) is 0 Å². The van der Waals surface area contributed by atoms with Crippen LogP contribution in [0.1, 0.15) is 33.4 Å². The maximum atomic E-state index is 11.7. The first-order chi connectivity index (χ1) is 13.5. The zero-order chi connectivity index (χ0) is 20.6. The molecule has 0 fully saturated rings.